The SMILES string of the molecule is CCN(CC)CCOC(=O)[C@@H](Cc1ccco1)Cc1cccc2ccccc12. The third-order valence-corrected chi connectivity index (χ3v) is 5.25. The summed E-state index contributed by atoms with van der Waals surface area (Å²) in [4.78, 5) is 15.1. The van der Waals surface area contributed by atoms with Crippen LogP contribution in [0, 0.1) is 5.92 Å². The van der Waals surface area contributed by atoms with Crippen LogP contribution in [0.2, 0.25) is 0 Å². The molecule has 28 heavy (non-hydrogen) atoms. The van der Waals surface area contributed by atoms with Crippen molar-refractivity contribution in [2.45, 2.75) is 26.7 Å². The molecule has 0 fully saturated rings. The molecule has 0 unspecified atom stereocenters. The zero-order valence-electron chi connectivity index (χ0n) is 16.8. The molecule has 0 radical (unpaired) electrons. The number of ether oxygens (including phenoxy) is 1. The molecule has 0 N–H and O–H groups in total. The van der Waals surface area contributed by atoms with Crippen molar-refractivity contribution in [1.29, 1.82) is 0 Å². The Morgan fingerprint density at radius 2 is 1.79 bits per heavy atom. The molecule has 0 aliphatic heterocycles. The predicted molar refractivity (Wildman–Crippen MR) is 112 cm³/mol. The Hall–Kier alpha value is -2.59. The fourth-order valence-electron chi connectivity index (χ4n) is 3.58. The number of benzene rings is 2. The Morgan fingerprint density at radius 1 is 1.00 bits per heavy atom. The molecule has 3 aromatic rings. The van der Waals surface area contributed by atoms with E-state index < -0.39 is 0 Å². The third-order valence-electron chi connectivity index (χ3n) is 5.25. The summed E-state index contributed by atoms with van der Waals surface area (Å²) in [5.41, 5.74) is 1.16. The molecule has 1 aromatic heterocycles. The fourth-order valence-corrected chi connectivity index (χ4v) is 3.58. The average Bonchev–Trinajstić information content (AvgIpc) is 3.24. The van der Waals surface area contributed by atoms with E-state index in [1.165, 1.54) is 10.8 Å². The van der Waals surface area contributed by atoms with E-state index >= 15 is 0 Å². The van der Waals surface area contributed by atoms with Crippen molar-refractivity contribution in [3.63, 3.8) is 0 Å². The Balaban J connectivity index is 1.74. The van der Waals surface area contributed by atoms with E-state index in [-0.39, 0.29) is 11.9 Å². The number of rotatable bonds is 10. The van der Waals surface area contributed by atoms with Crippen molar-refractivity contribution in [3.8, 4) is 0 Å². The minimum Gasteiger partial charge on any atom is -0.469 e. The lowest BCUT2D eigenvalue weighted by molar-refractivity contribution is -0.149. The first-order chi connectivity index (χ1) is 13.7. The van der Waals surface area contributed by atoms with Gasteiger partial charge in [-0.3, -0.25) is 4.79 Å². The second-order valence-corrected chi connectivity index (χ2v) is 7.02. The van der Waals surface area contributed by atoms with E-state index in [0.29, 0.717) is 19.4 Å². The summed E-state index contributed by atoms with van der Waals surface area (Å²) >= 11 is 0. The maximum atomic E-state index is 12.9. The first-order valence-corrected chi connectivity index (χ1v) is 10.1. The number of hydrogen-bond acceptors (Lipinski definition) is 4. The van der Waals surface area contributed by atoms with Gasteiger partial charge in [-0.25, -0.2) is 0 Å². The molecule has 3 rings (SSSR count). The van der Waals surface area contributed by atoms with Crippen LogP contribution in [0.1, 0.15) is 25.2 Å². The van der Waals surface area contributed by atoms with Gasteiger partial charge in [0.2, 0.25) is 0 Å². The largest absolute Gasteiger partial charge is 0.469 e. The molecule has 148 valence electrons. The molecular weight excluding hydrogens is 350 g/mol. The molecule has 0 aliphatic carbocycles. The number of carbonyl (C=O) groups excluding carboxylic acids is 1. The minimum absolute atomic E-state index is 0.156. The van der Waals surface area contributed by atoms with Gasteiger partial charge in [0.1, 0.15) is 12.4 Å². The zero-order valence-corrected chi connectivity index (χ0v) is 16.8. The standard InChI is InChI=1S/C24H29NO3/c1-3-25(4-2)14-16-28-24(26)21(18-22-12-8-15-27-22)17-20-11-7-10-19-9-5-6-13-23(19)20/h5-13,15,21H,3-4,14,16-18H2,1-2H3/t21-/m1/s1. The molecule has 1 atom stereocenters. The number of carbonyl (C=O) groups is 1. The van der Waals surface area contributed by atoms with E-state index in [1.54, 1.807) is 6.26 Å². The normalized spacial score (nSPS) is 12.4. The van der Waals surface area contributed by atoms with Crippen molar-refractivity contribution in [3.05, 3.63) is 72.2 Å². The molecule has 0 saturated carbocycles. The van der Waals surface area contributed by atoms with Crippen LogP contribution in [-0.4, -0.2) is 37.1 Å². The first-order valence-electron chi connectivity index (χ1n) is 10.1. The van der Waals surface area contributed by atoms with Crippen LogP contribution < -0.4 is 0 Å². The number of esters is 1. The fraction of sp³-hybridized carbons (Fsp3) is 0.375. The third kappa shape index (κ3) is 5.23. The number of likely N-dealkylation sites (N-methyl/N-ethyl adjacent to an activating group) is 1. The maximum Gasteiger partial charge on any atom is 0.309 e. The lowest BCUT2D eigenvalue weighted by Gasteiger charge is -2.20. The van der Waals surface area contributed by atoms with E-state index in [4.69, 9.17) is 9.15 Å². The summed E-state index contributed by atoms with van der Waals surface area (Å²) in [6, 6.07) is 18.3. The maximum absolute atomic E-state index is 12.9. The molecule has 0 amide bonds. The summed E-state index contributed by atoms with van der Waals surface area (Å²) in [5, 5.41) is 2.37. The Morgan fingerprint density at radius 3 is 2.54 bits per heavy atom. The van der Waals surface area contributed by atoms with Crippen LogP contribution in [-0.2, 0) is 22.4 Å². The van der Waals surface area contributed by atoms with E-state index in [2.05, 4.69) is 43.0 Å². The quantitative estimate of drug-likeness (QED) is 0.478. The second kappa shape index (κ2) is 10.1. The summed E-state index contributed by atoms with van der Waals surface area (Å²) < 4.78 is 11.1. The Bertz CT molecular complexity index is 863. The lowest BCUT2D eigenvalue weighted by atomic mass is 9.92. The van der Waals surface area contributed by atoms with Gasteiger partial charge in [0, 0.05) is 13.0 Å². The second-order valence-electron chi connectivity index (χ2n) is 7.02. The van der Waals surface area contributed by atoms with Gasteiger partial charge in [0.25, 0.3) is 0 Å². The topological polar surface area (TPSA) is 42.7 Å². The first kappa shape index (κ1) is 20.2. The van der Waals surface area contributed by atoms with E-state index in [1.807, 2.05) is 30.3 Å². The van der Waals surface area contributed by atoms with Gasteiger partial charge in [-0.05, 0) is 48.0 Å². The monoisotopic (exact) mass is 379 g/mol. The van der Waals surface area contributed by atoms with Crippen molar-refractivity contribution in [2.24, 2.45) is 5.92 Å². The highest BCUT2D eigenvalue weighted by molar-refractivity contribution is 5.86. The smallest absolute Gasteiger partial charge is 0.309 e. The Kier molecular flexibility index (Phi) is 7.26. The predicted octanol–water partition coefficient (Wildman–Crippen LogP) is 4.72. The van der Waals surface area contributed by atoms with Gasteiger partial charge in [-0.1, -0.05) is 56.3 Å². The number of furan rings is 1. The summed E-state index contributed by atoms with van der Waals surface area (Å²) in [5.74, 6) is 0.385. The van der Waals surface area contributed by atoms with Crippen molar-refractivity contribution < 1.29 is 13.9 Å². The molecule has 2 aromatic carbocycles. The molecule has 0 bridgehead atoms. The van der Waals surface area contributed by atoms with E-state index in [9.17, 15) is 4.79 Å². The highest BCUT2D eigenvalue weighted by Gasteiger charge is 2.23. The number of hydrogen-bond donors (Lipinski definition) is 0. The number of nitrogens with zero attached hydrogens (tertiary/aromatic N) is 1. The van der Waals surface area contributed by atoms with Gasteiger partial charge >= 0.3 is 5.97 Å². The minimum atomic E-state index is -0.270. The highest BCUT2D eigenvalue weighted by atomic mass is 16.5. The van der Waals surface area contributed by atoms with Gasteiger partial charge < -0.3 is 14.1 Å². The van der Waals surface area contributed by atoms with Crippen LogP contribution in [0.25, 0.3) is 10.8 Å². The van der Waals surface area contributed by atoms with Crippen molar-refractivity contribution in [2.75, 3.05) is 26.2 Å². The summed E-state index contributed by atoms with van der Waals surface area (Å²) in [6.07, 6.45) is 2.82. The molecule has 4 heteroatoms. The van der Waals surface area contributed by atoms with Crippen molar-refractivity contribution in [1.82, 2.24) is 4.90 Å². The molecule has 0 saturated heterocycles. The summed E-state index contributed by atoms with van der Waals surface area (Å²) in [6.45, 7) is 7.34. The lowest BCUT2D eigenvalue weighted by Crippen LogP contribution is -2.30. The highest BCUT2D eigenvalue weighted by Crippen LogP contribution is 2.24. The average molecular weight is 380 g/mol. The molecular formula is C24H29NO3. The summed E-state index contributed by atoms with van der Waals surface area (Å²) in [7, 11) is 0. The molecule has 4 nitrogen and oxygen atoms in total. The van der Waals surface area contributed by atoms with Gasteiger partial charge in [-0.15, -0.1) is 0 Å². The van der Waals surface area contributed by atoms with Crippen LogP contribution in [0.15, 0.2) is 65.3 Å². The van der Waals surface area contributed by atoms with E-state index in [0.717, 1.165) is 31.0 Å². The molecule has 0 aliphatic rings. The van der Waals surface area contributed by atoms with Crippen LogP contribution in [0.4, 0.5) is 0 Å². The van der Waals surface area contributed by atoms with Crippen LogP contribution >= 0.6 is 0 Å². The van der Waals surface area contributed by atoms with Gasteiger partial charge in [0.05, 0.1) is 12.2 Å². The van der Waals surface area contributed by atoms with Crippen molar-refractivity contribution >= 4 is 16.7 Å². The number of fused-ring (bicyclic) bond motifs is 1. The Labute approximate surface area is 167 Å². The zero-order chi connectivity index (χ0) is 19.8. The molecule has 1 heterocycles. The van der Waals surface area contributed by atoms with Crippen LogP contribution in [0.3, 0.4) is 0 Å². The van der Waals surface area contributed by atoms with Crippen LogP contribution in [0.5, 0.6) is 0 Å². The van der Waals surface area contributed by atoms with Gasteiger partial charge in [0.15, 0.2) is 0 Å². The molecule has 0 spiro atoms. The van der Waals surface area contributed by atoms with Gasteiger partial charge in [-0.2, -0.15) is 0 Å².